The lowest BCUT2D eigenvalue weighted by Gasteiger charge is -2.09. The zero-order valence-electron chi connectivity index (χ0n) is 11.6. The van der Waals surface area contributed by atoms with E-state index in [9.17, 15) is 9.59 Å². The molecule has 0 atom stereocenters. The standard InChI is InChI=1S/C15H14ClNO4/c1-9(18)10-6-13(17-7-10)15(19)21-8-11-5-12(16)3-4-14(11)20-2/h3-7,17H,8H2,1-2H3. The highest BCUT2D eigenvalue weighted by atomic mass is 35.5. The Balaban J connectivity index is 2.07. The van der Waals surface area contributed by atoms with Crippen LogP contribution in [0.2, 0.25) is 5.02 Å². The van der Waals surface area contributed by atoms with E-state index < -0.39 is 5.97 Å². The quantitative estimate of drug-likeness (QED) is 0.680. The largest absolute Gasteiger partial charge is 0.496 e. The minimum Gasteiger partial charge on any atom is -0.496 e. The van der Waals surface area contributed by atoms with Crippen molar-refractivity contribution in [1.29, 1.82) is 0 Å². The molecule has 5 nitrogen and oxygen atoms in total. The van der Waals surface area contributed by atoms with Crippen molar-refractivity contribution in [3.05, 3.63) is 52.3 Å². The van der Waals surface area contributed by atoms with Gasteiger partial charge in [-0.05, 0) is 31.2 Å². The number of halogens is 1. The number of ketones is 1. The monoisotopic (exact) mass is 307 g/mol. The van der Waals surface area contributed by atoms with Crippen LogP contribution in [0, 0.1) is 0 Å². The van der Waals surface area contributed by atoms with Crippen LogP contribution in [0.3, 0.4) is 0 Å². The smallest absolute Gasteiger partial charge is 0.355 e. The highest BCUT2D eigenvalue weighted by Crippen LogP contribution is 2.23. The van der Waals surface area contributed by atoms with Crippen LogP contribution in [-0.4, -0.2) is 23.8 Å². The summed E-state index contributed by atoms with van der Waals surface area (Å²) in [5.41, 5.74) is 1.32. The molecule has 0 aliphatic rings. The molecule has 0 unspecified atom stereocenters. The Hall–Kier alpha value is -2.27. The molecule has 0 aliphatic heterocycles. The van der Waals surface area contributed by atoms with Gasteiger partial charge in [0.2, 0.25) is 0 Å². The van der Waals surface area contributed by atoms with Crippen molar-refractivity contribution in [2.24, 2.45) is 0 Å². The summed E-state index contributed by atoms with van der Waals surface area (Å²) in [4.78, 5) is 25.8. The fourth-order valence-electron chi connectivity index (χ4n) is 1.80. The normalized spacial score (nSPS) is 10.2. The number of nitrogens with one attached hydrogen (secondary N) is 1. The fourth-order valence-corrected chi connectivity index (χ4v) is 1.99. The zero-order valence-corrected chi connectivity index (χ0v) is 12.4. The number of H-pyrrole nitrogens is 1. The van der Waals surface area contributed by atoms with Gasteiger partial charge in [0, 0.05) is 22.3 Å². The number of benzene rings is 1. The molecular formula is C15H14ClNO4. The molecule has 110 valence electrons. The topological polar surface area (TPSA) is 68.4 Å². The molecule has 1 aromatic carbocycles. The lowest BCUT2D eigenvalue weighted by atomic mass is 10.2. The fraction of sp³-hybridized carbons (Fsp3) is 0.200. The first-order chi connectivity index (χ1) is 10.0. The predicted octanol–water partition coefficient (Wildman–Crippen LogP) is 3.24. The van der Waals surface area contributed by atoms with Gasteiger partial charge in [0.05, 0.1) is 7.11 Å². The number of carbonyl (C=O) groups excluding carboxylic acids is 2. The van der Waals surface area contributed by atoms with E-state index in [2.05, 4.69) is 4.98 Å². The molecular weight excluding hydrogens is 294 g/mol. The van der Waals surface area contributed by atoms with Crippen LogP contribution in [0.4, 0.5) is 0 Å². The number of rotatable bonds is 5. The Morgan fingerprint density at radius 2 is 2.05 bits per heavy atom. The van der Waals surface area contributed by atoms with Gasteiger partial charge >= 0.3 is 5.97 Å². The first kappa shape index (κ1) is 15.1. The maximum absolute atomic E-state index is 11.9. The van der Waals surface area contributed by atoms with Gasteiger partial charge in [-0.1, -0.05) is 11.6 Å². The van der Waals surface area contributed by atoms with Crippen LogP contribution in [0.5, 0.6) is 5.75 Å². The highest BCUT2D eigenvalue weighted by Gasteiger charge is 2.13. The SMILES string of the molecule is COc1ccc(Cl)cc1COC(=O)c1cc(C(C)=O)c[nH]1. The van der Waals surface area contributed by atoms with Gasteiger partial charge in [-0.25, -0.2) is 4.79 Å². The Labute approximate surface area is 126 Å². The molecule has 0 saturated heterocycles. The third kappa shape index (κ3) is 3.64. The Morgan fingerprint density at radius 3 is 2.67 bits per heavy atom. The molecule has 2 rings (SSSR count). The maximum atomic E-state index is 11.9. The summed E-state index contributed by atoms with van der Waals surface area (Å²) in [7, 11) is 1.53. The first-order valence-corrected chi connectivity index (χ1v) is 6.58. The van der Waals surface area contributed by atoms with E-state index in [1.54, 1.807) is 18.2 Å². The van der Waals surface area contributed by atoms with Crippen LogP contribution in [0.25, 0.3) is 0 Å². The first-order valence-electron chi connectivity index (χ1n) is 6.20. The van der Waals surface area contributed by atoms with Crippen molar-refractivity contribution < 1.29 is 19.1 Å². The summed E-state index contributed by atoms with van der Waals surface area (Å²) in [6.07, 6.45) is 1.47. The van der Waals surface area contributed by atoms with Gasteiger partial charge in [-0.2, -0.15) is 0 Å². The number of carbonyl (C=O) groups is 2. The summed E-state index contributed by atoms with van der Waals surface area (Å²) < 4.78 is 10.4. The minimum absolute atomic E-state index is 0.0248. The number of esters is 1. The molecule has 0 fully saturated rings. The van der Waals surface area contributed by atoms with E-state index in [0.29, 0.717) is 21.9 Å². The van der Waals surface area contributed by atoms with E-state index in [1.807, 2.05) is 0 Å². The third-order valence-corrected chi connectivity index (χ3v) is 3.15. The molecule has 0 amide bonds. The van der Waals surface area contributed by atoms with Crippen molar-refractivity contribution in [2.75, 3.05) is 7.11 Å². The average molecular weight is 308 g/mol. The second-order valence-corrected chi connectivity index (χ2v) is 4.83. The number of hydrogen-bond acceptors (Lipinski definition) is 4. The van der Waals surface area contributed by atoms with Gasteiger partial charge in [0.25, 0.3) is 0 Å². The number of aromatic amines is 1. The second kappa shape index (κ2) is 6.45. The van der Waals surface area contributed by atoms with Crippen molar-refractivity contribution in [3.63, 3.8) is 0 Å². The van der Waals surface area contributed by atoms with E-state index >= 15 is 0 Å². The highest BCUT2D eigenvalue weighted by molar-refractivity contribution is 6.30. The van der Waals surface area contributed by atoms with Crippen LogP contribution in [0.1, 0.15) is 33.3 Å². The summed E-state index contributed by atoms with van der Waals surface area (Å²) in [5.74, 6) is -0.0885. The summed E-state index contributed by atoms with van der Waals surface area (Å²) in [6.45, 7) is 1.45. The van der Waals surface area contributed by atoms with Gasteiger partial charge in [0.1, 0.15) is 18.1 Å². The number of methoxy groups -OCH3 is 1. The molecule has 0 spiro atoms. The number of ether oxygens (including phenoxy) is 2. The minimum atomic E-state index is -0.551. The molecule has 2 aromatic rings. The van der Waals surface area contributed by atoms with Crippen molar-refractivity contribution in [2.45, 2.75) is 13.5 Å². The molecule has 1 aromatic heterocycles. The number of aromatic nitrogens is 1. The van der Waals surface area contributed by atoms with Crippen LogP contribution < -0.4 is 4.74 Å². The Bertz CT molecular complexity index is 678. The molecule has 0 radical (unpaired) electrons. The van der Waals surface area contributed by atoms with Gasteiger partial charge < -0.3 is 14.5 Å². The zero-order chi connectivity index (χ0) is 15.4. The van der Waals surface area contributed by atoms with Crippen molar-refractivity contribution >= 4 is 23.4 Å². The van der Waals surface area contributed by atoms with E-state index in [1.165, 1.54) is 26.3 Å². The summed E-state index contributed by atoms with van der Waals surface area (Å²) in [5, 5.41) is 0.528. The van der Waals surface area contributed by atoms with Crippen LogP contribution in [0.15, 0.2) is 30.5 Å². The molecule has 0 saturated carbocycles. The summed E-state index contributed by atoms with van der Waals surface area (Å²) >= 11 is 5.90. The van der Waals surface area contributed by atoms with Crippen LogP contribution >= 0.6 is 11.6 Å². The Morgan fingerprint density at radius 1 is 1.29 bits per heavy atom. The average Bonchev–Trinajstić information content (AvgIpc) is 2.95. The molecule has 1 N–H and O–H groups in total. The lowest BCUT2D eigenvalue weighted by molar-refractivity contribution is 0.0464. The van der Waals surface area contributed by atoms with Gasteiger partial charge in [-0.15, -0.1) is 0 Å². The number of Topliss-reactive ketones (excluding diaryl/α,β-unsaturated/α-hetero) is 1. The van der Waals surface area contributed by atoms with Gasteiger partial charge in [0.15, 0.2) is 5.78 Å². The van der Waals surface area contributed by atoms with Crippen LogP contribution in [-0.2, 0) is 11.3 Å². The Kier molecular flexibility index (Phi) is 4.65. The van der Waals surface area contributed by atoms with Crippen molar-refractivity contribution in [1.82, 2.24) is 4.98 Å². The van der Waals surface area contributed by atoms with E-state index in [0.717, 1.165) is 0 Å². The van der Waals surface area contributed by atoms with Crippen molar-refractivity contribution in [3.8, 4) is 5.75 Å². The van der Waals surface area contributed by atoms with Gasteiger partial charge in [-0.3, -0.25) is 4.79 Å². The number of hydrogen-bond donors (Lipinski definition) is 1. The molecule has 1 heterocycles. The molecule has 0 bridgehead atoms. The maximum Gasteiger partial charge on any atom is 0.355 e. The molecule has 0 aliphatic carbocycles. The lowest BCUT2D eigenvalue weighted by Crippen LogP contribution is -2.06. The third-order valence-electron chi connectivity index (χ3n) is 2.91. The molecule has 6 heteroatoms. The second-order valence-electron chi connectivity index (χ2n) is 4.39. The van der Waals surface area contributed by atoms with E-state index in [-0.39, 0.29) is 18.1 Å². The summed E-state index contributed by atoms with van der Waals surface area (Å²) in [6, 6.07) is 6.52. The molecule has 21 heavy (non-hydrogen) atoms. The van der Waals surface area contributed by atoms with E-state index in [4.69, 9.17) is 21.1 Å². The predicted molar refractivity (Wildman–Crippen MR) is 77.9 cm³/mol.